The van der Waals surface area contributed by atoms with Crippen LogP contribution in [0.2, 0.25) is 0 Å². The van der Waals surface area contributed by atoms with Crippen LogP contribution in [-0.2, 0) is 15.3 Å². The molecular weight excluding hydrogens is 605 g/mol. The first-order valence-corrected chi connectivity index (χ1v) is 18.8. The van der Waals surface area contributed by atoms with Gasteiger partial charge in [0.15, 0.2) is 9.84 Å². The topological polar surface area (TPSA) is 105 Å². The SMILES string of the molecule is O=C(O)N[C@H]1CCC[C@@H]1[C@](CN1CCC1)(c1cccc(F)c1)C1CCN(CC2CN(c3ccc(S(=O)(=O)C4CNC4)cc3)C2)CC1. The lowest BCUT2D eigenvalue weighted by atomic mass is 9.57. The second-order valence-electron chi connectivity index (χ2n) is 14.4. The molecule has 0 spiro atoms. The Kier molecular flexibility index (Phi) is 9.04. The maximum absolute atomic E-state index is 14.9. The summed E-state index contributed by atoms with van der Waals surface area (Å²) >= 11 is 0. The molecule has 7 rings (SSSR count). The molecule has 0 unspecified atom stereocenters. The summed E-state index contributed by atoms with van der Waals surface area (Å²) in [6.45, 7) is 8.97. The van der Waals surface area contributed by atoms with Crippen molar-refractivity contribution in [3.8, 4) is 0 Å². The predicted octanol–water partition coefficient (Wildman–Crippen LogP) is 3.80. The number of benzene rings is 2. The van der Waals surface area contributed by atoms with Crippen molar-refractivity contribution in [3.63, 3.8) is 0 Å². The molecular formula is C35H48FN5O4S. The van der Waals surface area contributed by atoms with Crippen LogP contribution in [0.1, 0.15) is 44.1 Å². The number of halogens is 1. The second kappa shape index (κ2) is 13.1. The Labute approximate surface area is 272 Å². The molecule has 1 amide bonds. The quantitative estimate of drug-likeness (QED) is 0.337. The van der Waals surface area contributed by atoms with Crippen molar-refractivity contribution in [2.45, 2.75) is 60.1 Å². The van der Waals surface area contributed by atoms with Gasteiger partial charge in [0.05, 0.1) is 10.1 Å². The lowest BCUT2D eigenvalue weighted by Gasteiger charge is -2.54. The molecule has 4 heterocycles. The fourth-order valence-electron chi connectivity index (χ4n) is 9.10. The van der Waals surface area contributed by atoms with E-state index in [0.29, 0.717) is 29.8 Å². The van der Waals surface area contributed by atoms with Crippen LogP contribution < -0.4 is 15.5 Å². The van der Waals surface area contributed by atoms with Crippen LogP contribution in [0.15, 0.2) is 53.4 Å². The number of hydrogen-bond acceptors (Lipinski definition) is 7. The van der Waals surface area contributed by atoms with Crippen molar-refractivity contribution in [2.24, 2.45) is 17.8 Å². The van der Waals surface area contributed by atoms with Crippen LogP contribution in [0.3, 0.4) is 0 Å². The van der Waals surface area contributed by atoms with E-state index in [-0.39, 0.29) is 28.4 Å². The van der Waals surface area contributed by atoms with Crippen LogP contribution in [0, 0.1) is 23.6 Å². The summed E-state index contributed by atoms with van der Waals surface area (Å²) < 4.78 is 40.3. The zero-order chi connectivity index (χ0) is 31.9. The van der Waals surface area contributed by atoms with E-state index >= 15 is 0 Å². The minimum absolute atomic E-state index is 0.120. The number of sulfone groups is 1. The molecule has 5 aliphatic rings. The number of nitrogens with zero attached hydrogens (tertiary/aromatic N) is 3. The number of rotatable bonds is 11. The molecule has 0 radical (unpaired) electrons. The van der Waals surface area contributed by atoms with Crippen LogP contribution in [-0.4, -0.2) is 106 Å². The van der Waals surface area contributed by atoms with Crippen LogP contribution in [0.5, 0.6) is 0 Å². The largest absolute Gasteiger partial charge is 0.465 e. The smallest absolute Gasteiger partial charge is 0.404 e. The summed E-state index contributed by atoms with van der Waals surface area (Å²) in [7, 11) is -3.26. The minimum atomic E-state index is -3.26. The van der Waals surface area contributed by atoms with Crippen molar-refractivity contribution >= 4 is 21.6 Å². The molecule has 5 fully saturated rings. The Morgan fingerprint density at radius 3 is 2.30 bits per heavy atom. The Hall–Kier alpha value is -2.73. The highest BCUT2D eigenvalue weighted by Crippen LogP contribution is 2.51. The van der Waals surface area contributed by atoms with Gasteiger partial charge in [0.2, 0.25) is 0 Å². The highest BCUT2D eigenvalue weighted by Gasteiger charge is 2.53. The van der Waals surface area contributed by atoms with E-state index in [1.807, 2.05) is 18.2 Å². The standard InChI is InChI=1S/C35H48FN5O4S/c36-28-5-1-4-27(18-28)35(24-40-14-3-15-40,32-6-2-7-33(32)38-34(42)43)26-12-16-39(17-13-26)21-25-22-41(23-25)29-8-10-30(11-9-29)46(44,45)31-19-37-20-31/h1,4-5,8-11,18,25-26,31-33,37-38H,2-3,6-7,12-17,19-24H2,(H,42,43)/t32-,33-,35-/m0/s1. The Balaban J connectivity index is 1.01. The number of likely N-dealkylation sites (tertiary alicyclic amines) is 2. The summed E-state index contributed by atoms with van der Waals surface area (Å²) in [4.78, 5) is 19.7. The van der Waals surface area contributed by atoms with Gasteiger partial charge < -0.3 is 30.4 Å². The molecule has 3 atom stereocenters. The summed E-state index contributed by atoms with van der Waals surface area (Å²) in [6.07, 6.45) is 5.02. The number of amides is 1. The normalized spacial score (nSPS) is 26.6. The van der Waals surface area contributed by atoms with E-state index in [2.05, 4.69) is 31.4 Å². The van der Waals surface area contributed by atoms with Gasteiger partial charge in [-0.2, -0.15) is 0 Å². The van der Waals surface area contributed by atoms with Crippen molar-refractivity contribution in [1.29, 1.82) is 0 Å². The third-order valence-electron chi connectivity index (χ3n) is 11.8. The number of carbonyl (C=O) groups is 1. The number of carboxylic acid groups (broad SMARTS) is 1. The molecule has 3 N–H and O–H groups in total. The fraction of sp³-hybridized carbons (Fsp3) is 0.629. The Morgan fingerprint density at radius 1 is 0.957 bits per heavy atom. The van der Waals surface area contributed by atoms with E-state index in [4.69, 9.17) is 0 Å². The zero-order valence-electron chi connectivity index (χ0n) is 26.6. The third kappa shape index (κ3) is 6.16. The van der Waals surface area contributed by atoms with Gasteiger partial charge in [-0.05, 0) is 112 Å². The van der Waals surface area contributed by atoms with E-state index in [9.17, 15) is 22.7 Å². The minimum Gasteiger partial charge on any atom is -0.465 e. The van der Waals surface area contributed by atoms with Crippen molar-refractivity contribution in [2.75, 3.05) is 70.3 Å². The molecule has 1 aliphatic carbocycles. The number of piperidine rings is 1. The van der Waals surface area contributed by atoms with Crippen molar-refractivity contribution in [1.82, 2.24) is 20.4 Å². The number of hydrogen-bond donors (Lipinski definition) is 3. The van der Waals surface area contributed by atoms with Gasteiger partial charge in [0.1, 0.15) is 5.82 Å². The summed E-state index contributed by atoms with van der Waals surface area (Å²) in [5.41, 5.74) is 1.81. The monoisotopic (exact) mass is 653 g/mol. The van der Waals surface area contributed by atoms with Gasteiger partial charge in [-0.25, -0.2) is 17.6 Å². The van der Waals surface area contributed by atoms with E-state index < -0.39 is 15.9 Å². The first kappa shape index (κ1) is 31.8. The first-order valence-electron chi connectivity index (χ1n) is 17.2. The van der Waals surface area contributed by atoms with E-state index in [1.165, 1.54) is 12.5 Å². The van der Waals surface area contributed by atoms with E-state index in [1.54, 1.807) is 18.2 Å². The maximum atomic E-state index is 14.9. The molecule has 4 aliphatic heterocycles. The predicted molar refractivity (Wildman–Crippen MR) is 177 cm³/mol. The molecule has 11 heteroatoms. The molecule has 1 saturated carbocycles. The van der Waals surface area contributed by atoms with Crippen molar-refractivity contribution in [3.05, 3.63) is 59.9 Å². The Morgan fingerprint density at radius 2 is 1.70 bits per heavy atom. The van der Waals surface area contributed by atoms with Crippen LogP contribution >= 0.6 is 0 Å². The van der Waals surface area contributed by atoms with Gasteiger partial charge in [-0.1, -0.05) is 18.6 Å². The van der Waals surface area contributed by atoms with Gasteiger partial charge in [0.25, 0.3) is 0 Å². The van der Waals surface area contributed by atoms with Gasteiger partial charge in [-0.15, -0.1) is 0 Å². The maximum Gasteiger partial charge on any atom is 0.404 e. The third-order valence-corrected chi connectivity index (χ3v) is 13.9. The Bertz CT molecular complexity index is 1490. The summed E-state index contributed by atoms with van der Waals surface area (Å²) in [6, 6.07) is 14.5. The molecule has 2 aromatic carbocycles. The molecule has 250 valence electrons. The van der Waals surface area contributed by atoms with Gasteiger partial charge in [0, 0.05) is 62.3 Å². The molecule has 46 heavy (non-hydrogen) atoms. The number of nitrogens with one attached hydrogen (secondary N) is 2. The van der Waals surface area contributed by atoms with E-state index in [0.717, 1.165) is 95.7 Å². The zero-order valence-corrected chi connectivity index (χ0v) is 27.4. The molecule has 0 bridgehead atoms. The summed E-state index contributed by atoms with van der Waals surface area (Å²) in [5.74, 6) is 0.824. The van der Waals surface area contributed by atoms with Crippen LogP contribution in [0.25, 0.3) is 0 Å². The average molecular weight is 654 g/mol. The van der Waals surface area contributed by atoms with Crippen molar-refractivity contribution < 1.29 is 22.7 Å². The second-order valence-corrected chi connectivity index (χ2v) is 16.7. The summed E-state index contributed by atoms with van der Waals surface area (Å²) in [5, 5.41) is 15.3. The lowest BCUT2D eigenvalue weighted by molar-refractivity contribution is 0.0226. The van der Waals surface area contributed by atoms with Gasteiger partial charge in [-0.3, -0.25) is 0 Å². The molecule has 4 saturated heterocycles. The molecule has 9 nitrogen and oxygen atoms in total. The van der Waals surface area contributed by atoms with Crippen LogP contribution in [0.4, 0.5) is 14.9 Å². The highest BCUT2D eigenvalue weighted by molar-refractivity contribution is 7.92. The van der Waals surface area contributed by atoms with Gasteiger partial charge >= 0.3 is 6.09 Å². The number of anilines is 1. The highest BCUT2D eigenvalue weighted by atomic mass is 32.2. The molecule has 2 aromatic rings. The fourth-order valence-corrected chi connectivity index (χ4v) is 10.7. The first-order chi connectivity index (χ1) is 22.2. The molecule has 0 aromatic heterocycles. The average Bonchev–Trinajstić information content (AvgIpc) is 3.41. The lowest BCUT2D eigenvalue weighted by Crippen LogP contribution is -2.60.